The number of aryl methyl sites for hydroxylation is 2. The third kappa shape index (κ3) is 4.85. The van der Waals surface area contributed by atoms with Gasteiger partial charge in [-0.15, -0.1) is 0 Å². The van der Waals surface area contributed by atoms with Gasteiger partial charge in [-0.25, -0.2) is 18.4 Å². The van der Waals surface area contributed by atoms with Crippen molar-refractivity contribution in [2.24, 2.45) is 0 Å². The van der Waals surface area contributed by atoms with Crippen molar-refractivity contribution in [2.75, 3.05) is 24.3 Å². The Morgan fingerprint density at radius 1 is 0.853 bits per heavy atom. The Labute approximate surface area is 203 Å². The molecule has 3 aromatic carbocycles. The molecule has 0 aliphatic carbocycles. The van der Waals surface area contributed by atoms with Gasteiger partial charge in [-0.1, -0.05) is 29.3 Å². The van der Waals surface area contributed by atoms with Gasteiger partial charge >= 0.3 is 0 Å². The van der Waals surface area contributed by atoms with Crippen LogP contribution in [-0.2, 0) is 10.0 Å². The van der Waals surface area contributed by atoms with Crippen LogP contribution in [0.15, 0.2) is 59.5 Å². The fraction of sp³-hybridized carbons (Fsp3) is 0.167. The van der Waals surface area contributed by atoms with Crippen LogP contribution in [-0.4, -0.2) is 32.6 Å². The largest absolute Gasteiger partial charge is 0.497 e. The van der Waals surface area contributed by atoms with Crippen molar-refractivity contribution in [1.82, 2.24) is 9.97 Å². The molecule has 1 aromatic heterocycles. The van der Waals surface area contributed by atoms with Crippen LogP contribution in [0.5, 0.6) is 11.5 Å². The molecule has 2 N–H and O–H groups in total. The van der Waals surface area contributed by atoms with Crippen LogP contribution < -0.4 is 19.5 Å². The van der Waals surface area contributed by atoms with Gasteiger partial charge in [0.1, 0.15) is 11.5 Å². The number of rotatable bonds is 7. The van der Waals surface area contributed by atoms with Crippen molar-refractivity contribution in [3.05, 3.63) is 70.7 Å². The van der Waals surface area contributed by atoms with E-state index in [-0.39, 0.29) is 16.5 Å². The van der Waals surface area contributed by atoms with Crippen LogP contribution in [0, 0.1) is 13.8 Å². The first-order valence-electron chi connectivity index (χ1n) is 10.3. The van der Waals surface area contributed by atoms with Crippen LogP contribution in [0.4, 0.5) is 17.3 Å². The second kappa shape index (κ2) is 9.36. The van der Waals surface area contributed by atoms with Gasteiger partial charge in [0.25, 0.3) is 10.0 Å². The maximum atomic E-state index is 13.1. The van der Waals surface area contributed by atoms with Crippen molar-refractivity contribution in [1.29, 1.82) is 0 Å². The van der Waals surface area contributed by atoms with Crippen LogP contribution >= 0.6 is 11.6 Å². The highest BCUT2D eigenvalue weighted by Crippen LogP contribution is 2.35. The minimum Gasteiger partial charge on any atom is -0.497 e. The summed E-state index contributed by atoms with van der Waals surface area (Å²) in [7, 11) is -0.854. The van der Waals surface area contributed by atoms with E-state index < -0.39 is 10.0 Å². The molecule has 0 aliphatic rings. The maximum absolute atomic E-state index is 13.1. The zero-order valence-corrected chi connectivity index (χ0v) is 20.6. The molecular formula is C24H23ClN4O4S. The number of sulfonamides is 1. The number of fused-ring (bicyclic) bond motifs is 1. The summed E-state index contributed by atoms with van der Waals surface area (Å²) in [6.45, 7) is 3.74. The van der Waals surface area contributed by atoms with Gasteiger partial charge in [0.15, 0.2) is 11.6 Å². The average molecular weight is 499 g/mol. The van der Waals surface area contributed by atoms with Gasteiger partial charge in [-0.2, -0.15) is 0 Å². The number of ether oxygens (including phenoxy) is 2. The lowest BCUT2D eigenvalue weighted by molar-refractivity contribution is 0.415. The van der Waals surface area contributed by atoms with Crippen LogP contribution in [0.1, 0.15) is 11.1 Å². The van der Waals surface area contributed by atoms with E-state index in [1.54, 1.807) is 49.6 Å². The number of benzene rings is 3. The number of aromatic nitrogens is 2. The number of methoxy groups -OCH3 is 2. The summed E-state index contributed by atoms with van der Waals surface area (Å²) < 4.78 is 39.5. The normalized spacial score (nSPS) is 11.3. The van der Waals surface area contributed by atoms with Crippen LogP contribution in [0.3, 0.4) is 0 Å². The van der Waals surface area contributed by atoms with Crippen molar-refractivity contribution in [3.63, 3.8) is 0 Å². The molecule has 4 rings (SSSR count). The lowest BCUT2D eigenvalue weighted by Gasteiger charge is -2.16. The van der Waals surface area contributed by atoms with E-state index in [1.807, 2.05) is 13.8 Å². The molecule has 8 nitrogen and oxygen atoms in total. The molecule has 0 saturated heterocycles. The fourth-order valence-electron chi connectivity index (χ4n) is 3.28. The Kier molecular flexibility index (Phi) is 6.49. The summed E-state index contributed by atoms with van der Waals surface area (Å²) in [5.41, 5.74) is 3.32. The van der Waals surface area contributed by atoms with Crippen molar-refractivity contribution < 1.29 is 17.9 Å². The molecule has 0 spiro atoms. The quantitative estimate of drug-likeness (QED) is 0.348. The van der Waals surface area contributed by atoms with E-state index in [4.69, 9.17) is 21.1 Å². The molecule has 0 radical (unpaired) electrons. The van der Waals surface area contributed by atoms with Gasteiger partial charge < -0.3 is 14.8 Å². The van der Waals surface area contributed by atoms with E-state index in [9.17, 15) is 8.42 Å². The second-order valence-corrected chi connectivity index (χ2v) is 9.71. The zero-order valence-electron chi connectivity index (χ0n) is 19.0. The van der Waals surface area contributed by atoms with Crippen LogP contribution in [0.25, 0.3) is 11.0 Å². The summed E-state index contributed by atoms with van der Waals surface area (Å²) in [6, 6.07) is 15.2. The summed E-state index contributed by atoms with van der Waals surface area (Å²) in [5, 5.41) is 3.69. The Morgan fingerprint density at radius 2 is 1.56 bits per heavy atom. The van der Waals surface area contributed by atoms with Gasteiger partial charge in [-0.3, -0.25) is 4.72 Å². The standard InChI is InChI=1S/C24H23ClN4O4S/c1-14-5-8-17(9-6-14)34(30,31)29-24-23(27-20-12-16(32-3)7-10-19(20)26-24)28-21-11-15(2)18(25)13-22(21)33-4/h5-13H,1-4H3,(H,26,29)(H,27,28). The lowest BCUT2D eigenvalue weighted by Crippen LogP contribution is -2.16. The minimum absolute atomic E-state index is 0.0351. The number of nitrogens with one attached hydrogen (secondary N) is 2. The summed E-state index contributed by atoms with van der Waals surface area (Å²) in [5.74, 6) is 1.29. The monoisotopic (exact) mass is 498 g/mol. The molecule has 4 aromatic rings. The van der Waals surface area contributed by atoms with Gasteiger partial charge in [0.05, 0.1) is 35.8 Å². The Balaban J connectivity index is 1.84. The van der Waals surface area contributed by atoms with Crippen molar-refractivity contribution in [3.8, 4) is 11.5 Å². The number of hydrogen-bond donors (Lipinski definition) is 2. The minimum atomic E-state index is -3.93. The first kappa shape index (κ1) is 23.6. The van der Waals surface area contributed by atoms with E-state index in [0.29, 0.717) is 33.2 Å². The maximum Gasteiger partial charge on any atom is 0.263 e. The first-order chi connectivity index (χ1) is 16.2. The predicted octanol–water partition coefficient (Wildman–Crippen LogP) is 5.46. The number of anilines is 3. The number of halogens is 1. The van der Waals surface area contributed by atoms with E-state index in [1.165, 1.54) is 19.2 Å². The SMILES string of the molecule is COc1ccc2nc(NS(=O)(=O)c3ccc(C)cc3)c(Nc3cc(C)c(Cl)cc3OC)nc2c1. The number of nitrogens with zero attached hydrogens (tertiary/aromatic N) is 2. The Hall–Kier alpha value is -3.56. The second-order valence-electron chi connectivity index (χ2n) is 7.62. The van der Waals surface area contributed by atoms with E-state index >= 15 is 0 Å². The third-order valence-corrected chi connectivity index (χ3v) is 6.93. The highest BCUT2D eigenvalue weighted by Gasteiger charge is 2.20. The van der Waals surface area contributed by atoms with Gasteiger partial charge in [0.2, 0.25) is 0 Å². The lowest BCUT2D eigenvalue weighted by atomic mass is 10.2. The highest BCUT2D eigenvalue weighted by molar-refractivity contribution is 7.92. The predicted molar refractivity (Wildman–Crippen MR) is 134 cm³/mol. The number of hydrogen-bond acceptors (Lipinski definition) is 7. The topological polar surface area (TPSA) is 102 Å². The summed E-state index contributed by atoms with van der Waals surface area (Å²) in [6.07, 6.45) is 0. The smallest absolute Gasteiger partial charge is 0.263 e. The third-order valence-electron chi connectivity index (χ3n) is 5.17. The van der Waals surface area contributed by atoms with Crippen molar-refractivity contribution in [2.45, 2.75) is 18.7 Å². The Bertz CT molecular complexity index is 1480. The molecule has 34 heavy (non-hydrogen) atoms. The molecule has 0 amide bonds. The Morgan fingerprint density at radius 3 is 2.24 bits per heavy atom. The zero-order chi connectivity index (χ0) is 24.5. The highest BCUT2D eigenvalue weighted by atomic mass is 35.5. The molecule has 0 saturated carbocycles. The molecule has 0 bridgehead atoms. The molecule has 176 valence electrons. The fourth-order valence-corrected chi connectivity index (χ4v) is 4.44. The molecule has 0 unspecified atom stereocenters. The van der Waals surface area contributed by atoms with E-state index in [0.717, 1.165) is 11.1 Å². The van der Waals surface area contributed by atoms with Crippen molar-refractivity contribution >= 4 is 50.0 Å². The first-order valence-corrected chi connectivity index (χ1v) is 12.1. The van der Waals surface area contributed by atoms with E-state index in [2.05, 4.69) is 20.0 Å². The summed E-state index contributed by atoms with van der Waals surface area (Å²) >= 11 is 6.24. The molecule has 0 atom stereocenters. The summed E-state index contributed by atoms with van der Waals surface area (Å²) in [4.78, 5) is 9.27. The van der Waals surface area contributed by atoms with Gasteiger partial charge in [0, 0.05) is 17.2 Å². The van der Waals surface area contributed by atoms with Gasteiger partial charge in [-0.05, 0) is 49.7 Å². The molecule has 1 heterocycles. The molecule has 10 heteroatoms. The molecule has 0 fully saturated rings. The molecular weight excluding hydrogens is 476 g/mol. The average Bonchev–Trinajstić information content (AvgIpc) is 2.81. The van der Waals surface area contributed by atoms with Crippen LogP contribution in [0.2, 0.25) is 5.02 Å². The molecule has 0 aliphatic heterocycles.